The molecule has 1 atom stereocenters. The van der Waals surface area contributed by atoms with E-state index >= 15 is 0 Å². The van der Waals surface area contributed by atoms with Crippen LogP contribution in [-0.2, 0) is 0 Å². The van der Waals surface area contributed by atoms with E-state index in [1.54, 1.807) is 0 Å². The van der Waals surface area contributed by atoms with E-state index in [-0.39, 0.29) is 0 Å². The summed E-state index contributed by atoms with van der Waals surface area (Å²) >= 11 is 0. The third-order valence-corrected chi connectivity index (χ3v) is 4.82. The maximum absolute atomic E-state index is 3.54. The smallest absolute Gasteiger partial charge is 0.00956 e. The molecule has 2 aliphatic carbocycles. The number of nitrogens with one attached hydrogen (secondary N) is 1. The van der Waals surface area contributed by atoms with Crippen molar-refractivity contribution in [3.8, 4) is 0 Å². The van der Waals surface area contributed by atoms with Crippen molar-refractivity contribution in [2.75, 3.05) is 26.2 Å². The van der Waals surface area contributed by atoms with Crippen LogP contribution in [0.2, 0.25) is 0 Å². The molecule has 1 N–H and O–H groups in total. The van der Waals surface area contributed by atoms with Gasteiger partial charge in [-0.2, -0.15) is 0 Å². The Hall–Kier alpha value is -0.0800. The minimum Gasteiger partial charge on any atom is -0.316 e. The first-order valence-corrected chi connectivity index (χ1v) is 7.20. The fourth-order valence-electron chi connectivity index (χ4n) is 3.22. The molecule has 0 spiro atoms. The van der Waals surface area contributed by atoms with Gasteiger partial charge in [-0.05, 0) is 50.0 Å². The van der Waals surface area contributed by atoms with Gasteiger partial charge in [0.25, 0.3) is 0 Å². The van der Waals surface area contributed by atoms with Crippen LogP contribution in [-0.4, -0.2) is 37.1 Å². The minimum absolute atomic E-state index is 0.560. The molecule has 1 heterocycles. The molecule has 0 aromatic carbocycles. The van der Waals surface area contributed by atoms with Gasteiger partial charge >= 0.3 is 0 Å². The lowest BCUT2D eigenvalue weighted by Gasteiger charge is -2.42. The molecule has 16 heavy (non-hydrogen) atoms. The topological polar surface area (TPSA) is 15.3 Å². The van der Waals surface area contributed by atoms with Gasteiger partial charge in [0.2, 0.25) is 0 Å². The Labute approximate surface area is 99.8 Å². The van der Waals surface area contributed by atoms with Crippen molar-refractivity contribution >= 4 is 0 Å². The zero-order chi connectivity index (χ0) is 11.0. The normalized spacial score (nSPS) is 35.6. The zero-order valence-corrected chi connectivity index (χ0v) is 10.7. The molecule has 2 heteroatoms. The van der Waals surface area contributed by atoms with E-state index in [2.05, 4.69) is 17.1 Å². The van der Waals surface area contributed by atoms with Crippen LogP contribution < -0.4 is 5.32 Å². The molecule has 0 aromatic heterocycles. The Kier molecular flexibility index (Phi) is 2.97. The third kappa shape index (κ3) is 2.43. The summed E-state index contributed by atoms with van der Waals surface area (Å²) in [5, 5.41) is 3.54. The molecule has 0 aromatic rings. The second-order valence-corrected chi connectivity index (χ2v) is 6.69. The van der Waals surface area contributed by atoms with Crippen LogP contribution in [0.4, 0.5) is 0 Å². The van der Waals surface area contributed by atoms with E-state index in [9.17, 15) is 0 Å². The van der Waals surface area contributed by atoms with Crippen LogP contribution in [0.3, 0.4) is 0 Å². The molecule has 0 radical (unpaired) electrons. The van der Waals surface area contributed by atoms with Gasteiger partial charge in [-0.3, -0.25) is 4.90 Å². The van der Waals surface area contributed by atoms with Crippen LogP contribution in [0.5, 0.6) is 0 Å². The second kappa shape index (κ2) is 4.30. The Bertz CT molecular complexity index is 237. The van der Waals surface area contributed by atoms with Gasteiger partial charge in [0.15, 0.2) is 0 Å². The number of hydrogen-bond acceptors (Lipinski definition) is 2. The molecule has 1 unspecified atom stereocenters. The highest BCUT2D eigenvalue weighted by atomic mass is 15.2. The van der Waals surface area contributed by atoms with E-state index < -0.39 is 0 Å². The third-order valence-electron chi connectivity index (χ3n) is 4.82. The predicted octanol–water partition coefficient (Wildman–Crippen LogP) is 2.25. The minimum atomic E-state index is 0.560. The molecule has 0 bridgehead atoms. The lowest BCUT2D eigenvalue weighted by Crippen LogP contribution is -2.47. The number of hydrogen-bond donors (Lipinski definition) is 1. The Balaban J connectivity index is 1.57. The Morgan fingerprint density at radius 3 is 2.56 bits per heavy atom. The summed E-state index contributed by atoms with van der Waals surface area (Å²) < 4.78 is 0. The highest BCUT2D eigenvalue weighted by molar-refractivity contribution is 4.92. The summed E-state index contributed by atoms with van der Waals surface area (Å²) in [7, 11) is 0. The van der Waals surface area contributed by atoms with E-state index in [1.165, 1.54) is 64.7 Å². The Morgan fingerprint density at radius 2 is 2.06 bits per heavy atom. The number of rotatable bonds is 5. The summed E-state index contributed by atoms with van der Waals surface area (Å²) in [6.07, 6.45) is 8.78. The fourth-order valence-corrected chi connectivity index (χ4v) is 3.22. The van der Waals surface area contributed by atoms with Crippen molar-refractivity contribution in [3.63, 3.8) is 0 Å². The van der Waals surface area contributed by atoms with Crippen molar-refractivity contribution < 1.29 is 0 Å². The molecule has 3 aliphatic rings. The molecular weight excluding hydrogens is 196 g/mol. The van der Waals surface area contributed by atoms with Crippen molar-refractivity contribution in [2.24, 2.45) is 11.3 Å². The summed E-state index contributed by atoms with van der Waals surface area (Å²) in [6.45, 7) is 7.70. The summed E-state index contributed by atoms with van der Waals surface area (Å²) in [5.41, 5.74) is 0.560. The molecule has 1 saturated heterocycles. The molecule has 3 rings (SSSR count). The highest BCUT2D eigenvalue weighted by Crippen LogP contribution is 2.36. The monoisotopic (exact) mass is 222 g/mol. The molecule has 0 amide bonds. The van der Waals surface area contributed by atoms with Crippen molar-refractivity contribution in [1.82, 2.24) is 10.2 Å². The van der Waals surface area contributed by atoms with Crippen LogP contribution in [0.1, 0.15) is 45.4 Å². The second-order valence-electron chi connectivity index (χ2n) is 6.69. The van der Waals surface area contributed by atoms with Crippen molar-refractivity contribution in [3.05, 3.63) is 0 Å². The Morgan fingerprint density at radius 1 is 1.25 bits per heavy atom. The van der Waals surface area contributed by atoms with Crippen LogP contribution in [0, 0.1) is 11.3 Å². The van der Waals surface area contributed by atoms with Gasteiger partial charge in [0.05, 0.1) is 0 Å². The standard InChI is InChI=1S/C14H26N2/c1-14(7-8-15-10-14)11-16(9-12-5-6-12)13-3-2-4-13/h12-13,15H,2-11H2,1H3. The quantitative estimate of drug-likeness (QED) is 0.767. The van der Waals surface area contributed by atoms with Gasteiger partial charge in [-0.15, -0.1) is 0 Å². The maximum atomic E-state index is 3.54. The first-order chi connectivity index (χ1) is 7.75. The van der Waals surface area contributed by atoms with Crippen LogP contribution in [0.25, 0.3) is 0 Å². The molecular formula is C14H26N2. The molecule has 3 fully saturated rings. The van der Waals surface area contributed by atoms with Crippen molar-refractivity contribution in [2.45, 2.75) is 51.5 Å². The fraction of sp³-hybridized carbons (Fsp3) is 1.00. The van der Waals surface area contributed by atoms with Crippen LogP contribution in [0.15, 0.2) is 0 Å². The lowest BCUT2D eigenvalue weighted by atomic mass is 9.85. The van der Waals surface area contributed by atoms with Gasteiger partial charge < -0.3 is 5.32 Å². The lowest BCUT2D eigenvalue weighted by molar-refractivity contribution is 0.0776. The first-order valence-electron chi connectivity index (χ1n) is 7.20. The average Bonchev–Trinajstić information content (AvgIpc) is 2.85. The SMILES string of the molecule is CC1(CN(CC2CC2)C2CCC2)CCNC1. The average molecular weight is 222 g/mol. The van der Waals surface area contributed by atoms with E-state index in [1.807, 2.05) is 0 Å². The summed E-state index contributed by atoms with van der Waals surface area (Å²) in [4.78, 5) is 2.84. The number of nitrogens with zero attached hydrogens (tertiary/aromatic N) is 1. The van der Waals surface area contributed by atoms with E-state index in [4.69, 9.17) is 0 Å². The summed E-state index contributed by atoms with van der Waals surface area (Å²) in [5.74, 6) is 1.05. The largest absolute Gasteiger partial charge is 0.316 e. The predicted molar refractivity (Wildman–Crippen MR) is 67.5 cm³/mol. The van der Waals surface area contributed by atoms with Crippen molar-refractivity contribution in [1.29, 1.82) is 0 Å². The highest BCUT2D eigenvalue weighted by Gasteiger charge is 2.37. The van der Waals surface area contributed by atoms with E-state index in [0.29, 0.717) is 5.41 Å². The molecule has 2 saturated carbocycles. The van der Waals surface area contributed by atoms with Gasteiger partial charge in [-0.25, -0.2) is 0 Å². The molecule has 1 aliphatic heterocycles. The van der Waals surface area contributed by atoms with Gasteiger partial charge in [0.1, 0.15) is 0 Å². The molecule has 92 valence electrons. The van der Waals surface area contributed by atoms with Gasteiger partial charge in [0, 0.05) is 25.7 Å². The van der Waals surface area contributed by atoms with E-state index in [0.717, 1.165) is 12.0 Å². The zero-order valence-electron chi connectivity index (χ0n) is 10.7. The maximum Gasteiger partial charge on any atom is 0.00956 e. The van der Waals surface area contributed by atoms with Gasteiger partial charge in [-0.1, -0.05) is 13.3 Å². The summed E-state index contributed by atoms with van der Waals surface area (Å²) in [6, 6.07) is 0.943. The van der Waals surface area contributed by atoms with Crippen LogP contribution >= 0.6 is 0 Å². The molecule has 2 nitrogen and oxygen atoms in total. The first kappa shape index (κ1) is 11.0.